The van der Waals surface area contributed by atoms with Crippen LogP contribution in [0.5, 0.6) is 5.88 Å². The lowest BCUT2D eigenvalue weighted by Crippen LogP contribution is -2.37. The monoisotopic (exact) mass is 399 g/mol. The quantitative estimate of drug-likeness (QED) is 0.550. The van der Waals surface area contributed by atoms with Crippen molar-refractivity contribution in [2.24, 2.45) is 14.1 Å². The molecule has 0 aliphatic heterocycles. The van der Waals surface area contributed by atoms with E-state index in [0.29, 0.717) is 12.1 Å². The summed E-state index contributed by atoms with van der Waals surface area (Å²) >= 11 is 0. The molecule has 0 aliphatic carbocycles. The van der Waals surface area contributed by atoms with Gasteiger partial charge in [-0.25, -0.2) is 18.2 Å². The number of aromatic hydroxyl groups is 1. The topological polar surface area (TPSA) is 104 Å². The fourth-order valence-electron chi connectivity index (χ4n) is 3.48. The zero-order valence-corrected chi connectivity index (χ0v) is 16.0. The van der Waals surface area contributed by atoms with E-state index in [2.05, 4.69) is 4.98 Å². The van der Waals surface area contributed by atoms with Gasteiger partial charge in [0.05, 0.1) is 11.3 Å². The van der Waals surface area contributed by atoms with Crippen LogP contribution in [-0.2, 0) is 20.5 Å². The lowest BCUT2D eigenvalue weighted by Gasteiger charge is -2.13. The van der Waals surface area contributed by atoms with Crippen molar-refractivity contribution >= 4 is 16.9 Å². The molecule has 0 unspecified atom stereocenters. The number of nitrogens with zero attached hydrogens (tertiary/aromatic N) is 5. The Kier molecular flexibility index (Phi) is 4.14. The molecule has 0 radical (unpaired) electrons. The molecule has 1 aromatic carbocycles. The Bertz CT molecular complexity index is 1460. The van der Waals surface area contributed by atoms with Crippen LogP contribution in [0.4, 0.5) is 4.39 Å². The highest BCUT2D eigenvalue weighted by molar-refractivity contribution is 5.77. The summed E-state index contributed by atoms with van der Waals surface area (Å²) in [5.41, 5.74) is -1.36. The number of rotatable bonds is 3. The summed E-state index contributed by atoms with van der Waals surface area (Å²) in [5.74, 6) is -0.925. The predicted molar refractivity (Wildman–Crippen MR) is 104 cm³/mol. The first-order chi connectivity index (χ1) is 13.8. The molecule has 0 bridgehead atoms. The molecule has 29 heavy (non-hydrogen) atoms. The SMILES string of the molecule is CCCc1c(O)n2c3c(=O)n(C)c(=O)n(C)c3nc2n(-c2ccc(F)cc2)c1=O. The zero-order valence-electron chi connectivity index (χ0n) is 16.0. The molecule has 9 nitrogen and oxygen atoms in total. The minimum absolute atomic E-state index is 0.0253. The van der Waals surface area contributed by atoms with E-state index in [1.165, 1.54) is 51.9 Å². The van der Waals surface area contributed by atoms with Crippen LogP contribution in [0, 0.1) is 5.82 Å². The highest BCUT2D eigenvalue weighted by atomic mass is 19.1. The predicted octanol–water partition coefficient (Wildman–Crippen LogP) is 0.833. The molecule has 0 aliphatic rings. The molecular weight excluding hydrogens is 381 g/mol. The van der Waals surface area contributed by atoms with E-state index >= 15 is 0 Å². The van der Waals surface area contributed by atoms with Gasteiger partial charge in [-0.15, -0.1) is 0 Å². The average molecular weight is 399 g/mol. The van der Waals surface area contributed by atoms with Crippen molar-refractivity contribution in [3.05, 3.63) is 66.8 Å². The van der Waals surface area contributed by atoms with Gasteiger partial charge in [-0.1, -0.05) is 13.3 Å². The van der Waals surface area contributed by atoms with Gasteiger partial charge in [0.25, 0.3) is 11.1 Å². The van der Waals surface area contributed by atoms with Crippen LogP contribution >= 0.6 is 0 Å². The van der Waals surface area contributed by atoms with Crippen molar-refractivity contribution in [3.63, 3.8) is 0 Å². The molecule has 3 aromatic heterocycles. The van der Waals surface area contributed by atoms with Crippen molar-refractivity contribution in [2.45, 2.75) is 19.8 Å². The summed E-state index contributed by atoms with van der Waals surface area (Å²) in [7, 11) is 2.77. The highest BCUT2D eigenvalue weighted by Gasteiger charge is 2.24. The van der Waals surface area contributed by atoms with Gasteiger partial charge in [-0.2, -0.15) is 4.98 Å². The van der Waals surface area contributed by atoms with Crippen LogP contribution < -0.4 is 16.8 Å². The molecule has 1 N–H and O–H groups in total. The molecule has 0 atom stereocenters. The van der Waals surface area contributed by atoms with Gasteiger partial charge in [-0.05, 0) is 30.7 Å². The van der Waals surface area contributed by atoms with Crippen molar-refractivity contribution in [3.8, 4) is 11.6 Å². The van der Waals surface area contributed by atoms with Crippen LogP contribution in [0.1, 0.15) is 18.9 Å². The number of benzene rings is 1. The van der Waals surface area contributed by atoms with Gasteiger partial charge in [0, 0.05) is 14.1 Å². The van der Waals surface area contributed by atoms with E-state index in [0.717, 1.165) is 4.57 Å². The molecule has 10 heteroatoms. The summed E-state index contributed by atoms with van der Waals surface area (Å²) in [5, 5.41) is 10.9. The lowest BCUT2D eigenvalue weighted by atomic mass is 10.2. The van der Waals surface area contributed by atoms with Gasteiger partial charge in [0.15, 0.2) is 11.2 Å². The molecule has 0 fully saturated rings. The molecule has 150 valence electrons. The summed E-state index contributed by atoms with van der Waals surface area (Å²) in [6.45, 7) is 1.85. The molecule has 4 rings (SSSR count). The van der Waals surface area contributed by atoms with Crippen molar-refractivity contribution in [1.29, 1.82) is 0 Å². The molecule has 3 heterocycles. The van der Waals surface area contributed by atoms with Gasteiger partial charge in [0.2, 0.25) is 11.7 Å². The lowest BCUT2D eigenvalue weighted by molar-refractivity contribution is 0.435. The maximum absolute atomic E-state index is 13.4. The second-order valence-electron chi connectivity index (χ2n) is 6.79. The second-order valence-corrected chi connectivity index (χ2v) is 6.79. The second kappa shape index (κ2) is 6.43. The van der Waals surface area contributed by atoms with Crippen molar-refractivity contribution in [2.75, 3.05) is 0 Å². The Hall–Kier alpha value is -3.69. The first-order valence-electron chi connectivity index (χ1n) is 8.98. The number of halogens is 1. The Morgan fingerprint density at radius 1 is 1.03 bits per heavy atom. The number of aromatic nitrogens is 5. The third-order valence-corrected chi connectivity index (χ3v) is 4.97. The third kappa shape index (κ3) is 2.52. The van der Waals surface area contributed by atoms with Crippen LogP contribution in [0.3, 0.4) is 0 Å². The largest absolute Gasteiger partial charge is 0.494 e. The molecule has 0 spiro atoms. The number of imidazole rings is 1. The fraction of sp³-hybridized carbons (Fsp3) is 0.263. The van der Waals surface area contributed by atoms with E-state index in [-0.39, 0.29) is 28.9 Å². The molecular formula is C19H18FN5O4. The Balaban J connectivity index is 2.33. The first kappa shape index (κ1) is 18.7. The third-order valence-electron chi connectivity index (χ3n) is 4.97. The Morgan fingerprint density at radius 3 is 2.31 bits per heavy atom. The Labute approximate surface area is 162 Å². The van der Waals surface area contributed by atoms with Crippen LogP contribution in [0.25, 0.3) is 22.6 Å². The number of hydrogen-bond donors (Lipinski definition) is 1. The van der Waals surface area contributed by atoms with Gasteiger partial charge in [-0.3, -0.25) is 18.7 Å². The number of fused-ring (bicyclic) bond motifs is 3. The summed E-state index contributed by atoms with van der Waals surface area (Å²) in [6.07, 6.45) is 0.828. The molecule has 0 amide bonds. The molecule has 0 saturated heterocycles. The van der Waals surface area contributed by atoms with E-state index in [9.17, 15) is 23.9 Å². The van der Waals surface area contributed by atoms with E-state index in [4.69, 9.17) is 0 Å². The van der Waals surface area contributed by atoms with Crippen LogP contribution in [-0.4, -0.2) is 28.2 Å². The minimum atomic E-state index is -0.655. The Morgan fingerprint density at radius 2 is 1.69 bits per heavy atom. The first-order valence-corrected chi connectivity index (χ1v) is 8.98. The fourth-order valence-corrected chi connectivity index (χ4v) is 3.48. The normalized spacial score (nSPS) is 11.6. The number of hydrogen-bond acceptors (Lipinski definition) is 5. The smallest absolute Gasteiger partial charge is 0.332 e. The van der Waals surface area contributed by atoms with E-state index < -0.39 is 28.5 Å². The van der Waals surface area contributed by atoms with E-state index in [1.54, 1.807) is 0 Å². The summed E-state index contributed by atoms with van der Waals surface area (Å²) in [6, 6.07) is 5.20. The zero-order chi connectivity index (χ0) is 21.0. The van der Waals surface area contributed by atoms with Crippen molar-refractivity contribution < 1.29 is 9.50 Å². The minimum Gasteiger partial charge on any atom is -0.494 e. The average Bonchev–Trinajstić information content (AvgIpc) is 3.10. The van der Waals surface area contributed by atoms with Gasteiger partial charge in [0.1, 0.15) is 5.82 Å². The standard InChI is InChI=1S/C19H18FN5O4/c1-4-5-12-15(26)24(11-8-6-10(20)7-9-11)18-21-14-13(25(18)16(12)27)17(28)23(3)19(29)22(14)2/h6-9,27H,4-5H2,1-3H3. The number of aryl methyl sites for hydroxylation is 1. The van der Waals surface area contributed by atoms with E-state index in [1.807, 2.05) is 6.92 Å². The maximum Gasteiger partial charge on any atom is 0.332 e. The maximum atomic E-state index is 13.4. The van der Waals surface area contributed by atoms with Crippen molar-refractivity contribution in [1.82, 2.24) is 23.1 Å². The summed E-state index contributed by atoms with van der Waals surface area (Å²) < 4.78 is 17.9. The highest BCUT2D eigenvalue weighted by Crippen LogP contribution is 2.24. The van der Waals surface area contributed by atoms with Gasteiger partial charge < -0.3 is 5.11 Å². The van der Waals surface area contributed by atoms with Crippen LogP contribution in [0.15, 0.2) is 38.6 Å². The molecule has 4 aromatic rings. The summed E-state index contributed by atoms with van der Waals surface area (Å²) in [4.78, 5) is 42.6. The molecule has 0 saturated carbocycles. The van der Waals surface area contributed by atoms with Gasteiger partial charge >= 0.3 is 5.69 Å². The van der Waals surface area contributed by atoms with Crippen LogP contribution in [0.2, 0.25) is 0 Å².